The highest BCUT2D eigenvalue weighted by Crippen LogP contribution is 2.24. The number of anilines is 1. The van der Waals surface area contributed by atoms with Crippen LogP contribution < -0.4 is 5.32 Å². The molecule has 2 rings (SSSR count). The average Bonchev–Trinajstić information content (AvgIpc) is 2.51. The molecule has 0 heterocycles. The zero-order chi connectivity index (χ0) is 18.1. The van der Waals surface area contributed by atoms with Crippen LogP contribution in [0, 0.1) is 13.8 Å². The van der Waals surface area contributed by atoms with Gasteiger partial charge in [-0.3, -0.25) is 4.79 Å². The topological polar surface area (TPSA) is 66.5 Å². The number of nitrogens with one attached hydrogen (secondary N) is 1. The lowest BCUT2D eigenvalue weighted by Gasteiger charge is -2.14. The number of amides is 1. The van der Waals surface area contributed by atoms with Crippen LogP contribution in [0.3, 0.4) is 0 Å². The van der Waals surface area contributed by atoms with Gasteiger partial charge in [-0.2, -0.15) is 0 Å². The van der Waals surface area contributed by atoms with Gasteiger partial charge in [0.25, 0.3) is 5.91 Å². The number of aryl methyl sites for hydroxylation is 1. The Balaban J connectivity index is 2.41. The molecule has 2 aromatic rings. The highest BCUT2D eigenvalue weighted by atomic mass is 35.5. The van der Waals surface area contributed by atoms with E-state index in [0.29, 0.717) is 21.8 Å². The zero-order valence-corrected chi connectivity index (χ0v) is 15.5. The van der Waals surface area contributed by atoms with Crippen molar-refractivity contribution in [2.24, 2.45) is 0 Å². The molecule has 0 aliphatic carbocycles. The van der Waals surface area contributed by atoms with E-state index in [0.717, 1.165) is 9.87 Å². The number of nitrogens with zero attached hydrogens (tertiary/aromatic N) is 1. The van der Waals surface area contributed by atoms with Crippen LogP contribution in [-0.4, -0.2) is 32.7 Å². The van der Waals surface area contributed by atoms with Crippen molar-refractivity contribution < 1.29 is 13.2 Å². The van der Waals surface area contributed by atoms with Gasteiger partial charge in [0.15, 0.2) is 0 Å². The van der Waals surface area contributed by atoms with Gasteiger partial charge in [0, 0.05) is 30.4 Å². The maximum Gasteiger partial charge on any atom is 0.255 e. The van der Waals surface area contributed by atoms with Crippen LogP contribution in [0.1, 0.15) is 21.5 Å². The molecule has 5 nitrogen and oxygen atoms in total. The first kappa shape index (κ1) is 18.4. The number of carbonyl (C=O) groups is 1. The molecule has 0 fully saturated rings. The number of hydrogen-bond donors (Lipinski definition) is 1. The second-order valence-corrected chi connectivity index (χ2v) is 8.19. The van der Waals surface area contributed by atoms with Crippen molar-refractivity contribution in [2.45, 2.75) is 18.7 Å². The molecule has 128 valence electrons. The summed E-state index contributed by atoms with van der Waals surface area (Å²) in [6, 6.07) is 9.73. The second kappa shape index (κ2) is 6.93. The van der Waals surface area contributed by atoms with Gasteiger partial charge in [-0.1, -0.05) is 23.7 Å². The van der Waals surface area contributed by atoms with E-state index in [4.69, 9.17) is 11.6 Å². The Morgan fingerprint density at radius 3 is 2.42 bits per heavy atom. The molecule has 0 bridgehead atoms. The highest BCUT2D eigenvalue weighted by Gasteiger charge is 2.20. The normalized spacial score (nSPS) is 11.6. The minimum absolute atomic E-state index is 0.0751. The number of sulfonamides is 1. The lowest BCUT2D eigenvalue weighted by atomic mass is 10.1. The summed E-state index contributed by atoms with van der Waals surface area (Å²) in [7, 11) is -0.708. The first-order valence-corrected chi connectivity index (χ1v) is 9.06. The van der Waals surface area contributed by atoms with E-state index in [9.17, 15) is 13.2 Å². The van der Waals surface area contributed by atoms with E-state index >= 15 is 0 Å². The summed E-state index contributed by atoms with van der Waals surface area (Å²) in [4.78, 5) is 12.7. The standard InChI is InChI=1S/C17H19ClN2O3S/c1-11-8-9-13(24(22,23)20(3)4)10-14(11)17(21)19-16-7-5-6-15(18)12(16)2/h5-10H,1-4H3,(H,19,21). The second-order valence-electron chi connectivity index (χ2n) is 5.63. The van der Waals surface area contributed by atoms with Gasteiger partial charge in [-0.25, -0.2) is 12.7 Å². The van der Waals surface area contributed by atoms with Crippen molar-refractivity contribution in [1.29, 1.82) is 0 Å². The zero-order valence-electron chi connectivity index (χ0n) is 13.9. The summed E-state index contributed by atoms with van der Waals surface area (Å²) in [5.41, 5.74) is 2.33. The minimum Gasteiger partial charge on any atom is -0.322 e. The average molecular weight is 367 g/mol. The molecule has 2 aromatic carbocycles. The molecule has 0 saturated heterocycles. The van der Waals surface area contributed by atoms with E-state index in [1.165, 1.54) is 26.2 Å². The Bertz CT molecular complexity index is 893. The largest absolute Gasteiger partial charge is 0.322 e. The minimum atomic E-state index is -3.61. The molecule has 0 unspecified atom stereocenters. The van der Waals surface area contributed by atoms with Gasteiger partial charge >= 0.3 is 0 Å². The third-order valence-corrected chi connectivity index (χ3v) is 5.97. The van der Waals surface area contributed by atoms with Crippen molar-refractivity contribution in [1.82, 2.24) is 4.31 Å². The first-order chi connectivity index (χ1) is 11.1. The Morgan fingerprint density at radius 1 is 1.12 bits per heavy atom. The highest BCUT2D eigenvalue weighted by molar-refractivity contribution is 7.89. The van der Waals surface area contributed by atoms with Gasteiger partial charge in [0.05, 0.1) is 4.90 Å². The first-order valence-electron chi connectivity index (χ1n) is 7.24. The maximum atomic E-state index is 12.6. The monoisotopic (exact) mass is 366 g/mol. The fourth-order valence-corrected chi connectivity index (χ4v) is 3.25. The summed E-state index contributed by atoms with van der Waals surface area (Å²) in [6.07, 6.45) is 0. The Morgan fingerprint density at radius 2 is 1.79 bits per heavy atom. The molecule has 0 aliphatic heterocycles. The van der Waals surface area contributed by atoms with Gasteiger partial charge in [0.1, 0.15) is 0 Å². The third kappa shape index (κ3) is 3.61. The third-order valence-electron chi connectivity index (χ3n) is 3.75. The van der Waals surface area contributed by atoms with Crippen LogP contribution in [0.5, 0.6) is 0 Å². The van der Waals surface area contributed by atoms with Crippen molar-refractivity contribution in [3.63, 3.8) is 0 Å². The van der Waals surface area contributed by atoms with Gasteiger partial charge in [0.2, 0.25) is 10.0 Å². The smallest absolute Gasteiger partial charge is 0.255 e. The van der Waals surface area contributed by atoms with Crippen LogP contribution in [0.25, 0.3) is 0 Å². The molecule has 24 heavy (non-hydrogen) atoms. The molecule has 0 aliphatic rings. The lowest BCUT2D eigenvalue weighted by molar-refractivity contribution is 0.102. The Labute approximate surface area is 147 Å². The van der Waals surface area contributed by atoms with Crippen LogP contribution >= 0.6 is 11.6 Å². The summed E-state index contributed by atoms with van der Waals surface area (Å²) < 4.78 is 25.6. The fraction of sp³-hybridized carbons (Fsp3) is 0.235. The van der Waals surface area contributed by atoms with Crippen molar-refractivity contribution in [3.8, 4) is 0 Å². The van der Waals surface area contributed by atoms with Crippen LogP contribution in [0.15, 0.2) is 41.3 Å². The molecule has 7 heteroatoms. The quantitative estimate of drug-likeness (QED) is 0.901. The van der Waals surface area contributed by atoms with Crippen LogP contribution in [0.4, 0.5) is 5.69 Å². The number of rotatable bonds is 4. The van der Waals surface area contributed by atoms with E-state index in [1.54, 1.807) is 38.1 Å². The Hall–Kier alpha value is -1.89. The summed E-state index contributed by atoms with van der Waals surface area (Å²) in [6.45, 7) is 3.56. The van der Waals surface area contributed by atoms with Gasteiger partial charge in [-0.15, -0.1) is 0 Å². The molecule has 0 spiro atoms. The predicted octanol–water partition coefficient (Wildman–Crippen LogP) is 3.46. The molecule has 0 aromatic heterocycles. The van der Waals surface area contributed by atoms with Crippen LogP contribution in [-0.2, 0) is 10.0 Å². The molecule has 0 saturated carbocycles. The van der Waals surface area contributed by atoms with Gasteiger partial charge < -0.3 is 5.32 Å². The molecular weight excluding hydrogens is 348 g/mol. The fourth-order valence-electron chi connectivity index (χ4n) is 2.15. The summed E-state index contributed by atoms with van der Waals surface area (Å²) in [5, 5.41) is 3.33. The van der Waals surface area contributed by atoms with E-state index in [-0.39, 0.29) is 10.8 Å². The summed E-state index contributed by atoms with van der Waals surface area (Å²) in [5.74, 6) is -0.381. The SMILES string of the molecule is Cc1ccc(S(=O)(=O)N(C)C)cc1C(=O)Nc1cccc(Cl)c1C. The predicted molar refractivity (Wildman–Crippen MR) is 96.2 cm³/mol. The van der Waals surface area contributed by atoms with Gasteiger partial charge in [-0.05, 0) is 49.2 Å². The molecule has 0 atom stereocenters. The molecule has 1 N–H and O–H groups in total. The Kier molecular flexibility index (Phi) is 5.32. The van der Waals surface area contributed by atoms with Crippen molar-refractivity contribution in [3.05, 3.63) is 58.1 Å². The van der Waals surface area contributed by atoms with E-state index in [1.807, 2.05) is 0 Å². The lowest BCUT2D eigenvalue weighted by Crippen LogP contribution is -2.23. The molecule has 1 amide bonds. The maximum absolute atomic E-state index is 12.6. The van der Waals surface area contributed by atoms with Crippen LogP contribution in [0.2, 0.25) is 5.02 Å². The number of carbonyl (C=O) groups excluding carboxylic acids is 1. The number of benzene rings is 2. The molecule has 0 radical (unpaired) electrons. The number of hydrogen-bond acceptors (Lipinski definition) is 3. The summed E-state index contributed by atoms with van der Waals surface area (Å²) >= 11 is 6.06. The van der Waals surface area contributed by atoms with E-state index < -0.39 is 10.0 Å². The van der Waals surface area contributed by atoms with E-state index in [2.05, 4.69) is 5.32 Å². The molecular formula is C17H19ClN2O3S. The van der Waals surface area contributed by atoms with Crippen molar-refractivity contribution >= 4 is 33.2 Å². The van der Waals surface area contributed by atoms with Crippen molar-refractivity contribution in [2.75, 3.05) is 19.4 Å². The number of halogens is 1.